The van der Waals surface area contributed by atoms with Gasteiger partial charge in [-0.25, -0.2) is 0 Å². The number of carboxylic acid groups (broad SMARTS) is 1. The van der Waals surface area contributed by atoms with Gasteiger partial charge in [0.2, 0.25) is 11.8 Å². The molecular formula is C11H18N2O5. The van der Waals surface area contributed by atoms with Crippen molar-refractivity contribution in [2.24, 2.45) is 5.73 Å². The molecule has 1 saturated carbocycles. The highest BCUT2D eigenvalue weighted by Gasteiger charge is 2.40. The van der Waals surface area contributed by atoms with Crippen molar-refractivity contribution in [2.75, 3.05) is 20.2 Å². The van der Waals surface area contributed by atoms with E-state index in [0.717, 1.165) is 24.2 Å². The summed E-state index contributed by atoms with van der Waals surface area (Å²) in [6, 6.07) is 0. The molecule has 18 heavy (non-hydrogen) atoms. The monoisotopic (exact) mass is 258 g/mol. The lowest BCUT2D eigenvalue weighted by atomic mass is 9.77. The minimum atomic E-state index is -1.18. The third-order valence-electron chi connectivity index (χ3n) is 3.20. The van der Waals surface area contributed by atoms with Gasteiger partial charge in [-0.2, -0.15) is 0 Å². The van der Waals surface area contributed by atoms with E-state index in [0.29, 0.717) is 0 Å². The second-order valence-electron chi connectivity index (χ2n) is 4.53. The van der Waals surface area contributed by atoms with Crippen molar-refractivity contribution in [1.29, 1.82) is 0 Å². The number of carbonyl (C=O) groups excluding carboxylic acids is 2. The van der Waals surface area contributed by atoms with E-state index in [-0.39, 0.29) is 13.0 Å². The van der Waals surface area contributed by atoms with Gasteiger partial charge in [0.1, 0.15) is 6.54 Å². The van der Waals surface area contributed by atoms with Gasteiger partial charge >= 0.3 is 5.97 Å². The molecule has 0 heterocycles. The van der Waals surface area contributed by atoms with Crippen molar-refractivity contribution in [2.45, 2.75) is 31.3 Å². The minimum absolute atomic E-state index is 0.0874. The number of aliphatic carboxylic acids is 1. The number of ether oxygens (including phenoxy) is 1. The smallest absolute Gasteiger partial charge is 0.323 e. The molecule has 0 atom stereocenters. The summed E-state index contributed by atoms with van der Waals surface area (Å²) in [5, 5.41) is 8.70. The van der Waals surface area contributed by atoms with Crippen molar-refractivity contribution in [1.82, 2.24) is 4.90 Å². The second kappa shape index (κ2) is 5.81. The average Bonchev–Trinajstić information content (AvgIpc) is 2.20. The van der Waals surface area contributed by atoms with Gasteiger partial charge in [-0.05, 0) is 19.3 Å². The number of nitrogens with zero attached hydrogens (tertiary/aromatic N) is 1. The number of methoxy groups -OCH3 is 1. The lowest BCUT2D eigenvalue weighted by Crippen LogP contribution is -2.48. The molecule has 1 aliphatic carbocycles. The SMILES string of the molecule is COC1(CC(=O)N(CC(N)=O)CC(=O)O)CCC1. The van der Waals surface area contributed by atoms with Crippen LogP contribution in [0.15, 0.2) is 0 Å². The molecule has 7 nitrogen and oxygen atoms in total. The third kappa shape index (κ3) is 3.69. The molecule has 0 radical (unpaired) electrons. The first-order valence-corrected chi connectivity index (χ1v) is 5.71. The predicted molar refractivity (Wildman–Crippen MR) is 61.6 cm³/mol. The maximum absolute atomic E-state index is 12.0. The first-order chi connectivity index (χ1) is 8.38. The van der Waals surface area contributed by atoms with E-state index in [1.807, 2.05) is 0 Å². The molecule has 0 aromatic rings. The summed E-state index contributed by atoms with van der Waals surface area (Å²) in [5.41, 5.74) is 4.50. The first-order valence-electron chi connectivity index (χ1n) is 5.71. The quantitative estimate of drug-likeness (QED) is 0.630. The molecule has 1 fully saturated rings. The summed E-state index contributed by atoms with van der Waals surface area (Å²) in [5.74, 6) is -2.33. The predicted octanol–water partition coefficient (Wildman–Crippen LogP) is -0.656. The van der Waals surface area contributed by atoms with Crippen LogP contribution in [-0.2, 0) is 19.1 Å². The lowest BCUT2D eigenvalue weighted by molar-refractivity contribution is -0.152. The standard InChI is InChI=1S/C11H18N2O5/c1-18-11(3-2-4-11)5-9(15)13(6-8(12)14)7-10(16)17/h2-7H2,1H3,(H2,12,14)(H,16,17). The summed E-state index contributed by atoms with van der Waals surface area (Å²) < 4.78 is 5.29. The van der Waals surface area contributed by atoms with Gasteiger partial charge in [0.05, 0.1) is 18.6 Å². The molecular weight excluding hydrogens is 240 g/mol. The Hall–Kier alpha value is -1.63. The lowest BCUT2D eigenvalue weighted by Gasteiger charge is -2.40. The summed E-state index contributed by atoms with van der Waals surface area (Å²) in [6.07, 6.45) is 2.61. The van der Waals surface area contributed by atoms with Gasteiger partial charge < -0.3 is 20.5 Å². The number of nitrogens with two attached hydrogens (primary N) is 1. The number of hydrogen-bond acceptors (Lipinski definition) is 4. The molecule has 0 spiro atoms. The first kappa shape index (κ1) is 14.4. The highest BCUT2D eigenvalue weighted by atomic mass is 16.5. The van der Waals surface area contributed by atoms with Gasteiger partial charge in [-0.15, -0.1) is 0 Å². The van der Waals surface area contributed by atoms with E-state index in [2.05, 4.69) is 0 Å². The number of carbonyl (C=O) groups is 3. The van der Waals surface area contributed by atoms with Gasteiger partial charge in [-0.1, -0.05) is 0 Å². The topological polar surface area (TPSA) is 110 Å². The molecule has 1 aliphatic rings. The van der Waals surface area contributed by atoms with Gasteiger partial charge in [-0.3, -0.25) is 14.4 Å². The third-order valence-corrected chi connectivity index (χ3v) is 3.20. The highest BCUT2D eigenvalue weighted by molar-refractivity contribution is 5.87. The van der Waals surface area contributed by atoms with E-state index in [1.54, 1.807) is 0 Å². The van der Waals surface area contributed by atoms with Crippen LogP contribution in [0.5, 0.6) is 0 Å². The minimum Gasteiger partial charge on any atom is -0.480 e. The fraction of sp³-hybridized carbons (Fsp3) is 0.727. The molecule has 0 unspecified atom stereocenters. The average molecular weight is 258 g/mol. The normalized spacial score (nSPS) is 16.7. The fourth-order valence-electron chi connectivity index (χ4n) is 2.00. The van der Waals surface area contributed by atoms with E-state index < -0.39 is 29.9 Å². The zero-order chi connectivity index (χ0) is 13.8. The van der Waals surface area contributed by atoms with Crippen LogP contribution in [0.2, 0.25) is 0 Å². The maximum atomic E-state index is 12.0. The molecule has 102 valence electrons. The van der Waals surface area contributed by atoms with Gasteiger partial charge in [0.15, 0.2) is 0 Å². The molecule has 7 heteroatoms. The molecule has 0 saturated heterocycles. The fourth-order valence-corrected chi connectivity index (χ4v) is 2.00. The van der Waals surface area contributed by atoms with Crippen molar-refractivity contribution in [3.8, 4) is 0 Å². The molecule has 1 rings (SSSR count). The summed E-state index contributed by atoms with van der Waals surface area (Å²) in [6.45, 7) is -0.910. The van der Waals surface area contributed by atoms with Crippen LogP contribution < -0.4 is 5.73 Å². The molecule has 0 aromatic heterocycles. The van der Waals surface area contributed by atoms with Gasteiger partial charge in [0.25, 0.3) is 0 Å². The number of rotatable bonds is 7. The summed E-state index contributed by atoms with van der Waals surface area (Å²) in [4.78, 5) is 34.4. The molecule has 0 aliphatic heterocycles. The Morgan fingerprint density at radius 3 is 2.28 bits per heavy atom. The zero-order valence-electron chi connectivity index (χ0n) is 10.3. The van der Waals surface area contributed by atoms with Crippen LogP contribution in [0.3, 0.4) is 0 Å². The van der Waals surface area contributed by atoms with Crippen LogP contribution in [0, 0.1) is 0 Å². The van der Waals surface area contributed by atoms with Crippen molar-refractivity contribution < 1.29 is 24.2 Å². The Balaban J connectivity index is 2.63. The Morgan fingerprint density at radius 2 is 1.94 bits per heavy atom. The van der Waals surface area contributed by atoms with E-state index >= 15 is 0 Å². The molecule has 2 amide bonds. The number of hydrogen-bond donors (Lipinski definition) is 2. The van der Waals surface area contributed by atoms with Crippen LogP contribution in [-0.4, -0.2) is 53.6 Å². The second-order valence-corrected chi connectivity index (χ2v) is 4.53. The molecule has 0 bridgehead atoms. The van der Waals surface area contributed by atoms with Crippen LogP contribution in [0.1, 0.15) is 25.7 Å². The molecule has 3 N–H and O–H groups in total. The Bertz CT molecular complexity index is 330. The van der Waals surface area contributed by atoms with E-state index in [9.17, 15) is 14.4 Å². The van der Waals surface area contributed by atoms with E-state index in [4.69, 9.17) is 15.6 Å². The van der Waals surface area contributed by atoms with Crippen LogP contribution >= 0.6 is 0 Å². The Morgan fingerprint density at radius 1 is 1.33 bits per heavy atom. The molecule has 0 aromatic carbocycles. The Kier molecular flexibility index (Phi) is 4.66. The summed E-state index contributed by atoms with van der Waals surface area (Å²) >= 11 is 0. The Labute approximate surface area is 105 Å². The van der Waals surface area contributed by atoms with Gasteiger partial charge in [0, 0.05) is 7.11 Å². The van der Waals surface area contributed by atoms with Crippen molar-refractivity contribution in [3.63, 3.8) is 0 Å². The number of primary amides is 1. The number of carboxylic acids is 1. The zero-order valence-corrected chi connectivity index (χ0v) is 10.3. The highest BCUT2D eigenvalue weighted by Crippen LogP contribution is 2.38. The van der Waals surface area contributed by atoms with Crippen LogP contribution in [0.4, 0.5) is 0 Å². The number of amides is 2. The maximum Gasteiger partial charge on any atom is 0.323 e. The largest absolute Gasteiger partial charge is 0.480 e. The van der Waals surface area contributed by atoms with E-state index in [1.165, 1.54) is 7.11 Å². The van der Waals surface area contributed by atoms with Crippen LogP contribution in [0.25, 0.3) is 0 Å². The van der Waals surface area contributed by atoms with Crippen molar-refractivity contribution in [3.05, 3.63) is 0 Å². The summed E-state index contributed by atoms with van der Waals surface area (Å²) in [7, 11) is 1.53. The van der Waals surface area contributed by atoms with Crippen molar-refractivity contribution >= 4 is 17.8 Å².